The van der Waals surface area contributed by atoms with E-state index in [0.29, 0.717) is 13.0 Å². The Kier molecular flexibility index (Phi) is 8.10. The number of aliphatic imine (C=N–C) groups is 1. The lowest BCUT2D eigenvalue weighted by atomic mass is 9.97. The zero-order valence-electron chi connectivity index (χ0n) is 16.5. The zero-order chi connectivity index (χ0) is 19.6. The number of hydrogen-bond donors (Lipinski definition) is 2. The van der Waals surface area contributed by atoms with Crippen molar-refractivity contribution in [1.82, 2.24) is 10.2 Å². The highest BCUT2D eigenvalue weighted by Gasteiger charge is 2.26. The molecule has 1 saturated heterocycles. The molecule has 2 N–H and O–H groups in total. The minimum Gasteiger partial charge on any atom is -0.469 e. The third kappa shape index (κ3) is 6.27. The predicted molar refractivity (Wildman–Crippen MR) is 106 cm³/mol. The summed E-state index contributed by atoms with van der Waals surface area (Å²) in [6, 6.07) is 7.81. The van der Waals surface area contributed by atoms with Crippen molar-refractivity contribution in [3.05, 3.63) is 29.8 Å². The van der Waals surface area contributed by atoms with Crippen LogP contribution < -0.4 is 10.6 Å². The molecular formula is C20H30N4O3. The number of guanidine groups is 1. The van der Waals surface area contributed by atoms with E-state index in [4.69, 9.17) is 4.74 Å². The number of rotatable bonds is 6. The predicted octanol–water partition coefficient (Wildman–Crippen LogP) is 2.39. The summed E-state index contributed by atoms with van der Waals surface area (Å²) in [6.45, 7) is 4.14. The number of amides is 1. The van der Waals surface area contributed by atoms with Gasteiger partial charge in [0.15, 0.2) is 5.96 Å². The molecule has 0 aromatic heterocycles. The molecule has 0 atom stereocenters. The maximum absolute atomic E-state index is 11.8. The molecule has 27 heavy (non-hydrogen) atoms. The summed E-state index contributed by atoms with van der Waals surface area (Å²) in [5.74, 6) is 0.706. The largest absolute Gasteiger partial charge is 0.469 e. The van der Waals surface area contributed by atoms with Gasteiger partial charge in [0.05, 0.1) is 13.0 Å². The first kappa shape index (κ1) is 20.7. The highest BCUT2D eigenvalue weighted by Crippen LogP contribution is 2.18. The van der Waals surface area contributed by atoms with Gasteiger partial charge in [-0.1, -0.05) is 19.1 Å². The molecule has 0 bridgehead atoms. The molecule has 1 aromatic carbocycles. The van der Waals surface area contributed by atoms with Crippen molar-refractivity contribution in [2.24, 2.45) is 10.9 Å². The number of ether oxygens (including phenoxy) is 1. The van der Waals surface area contributed by atoms with E-state index in [1.54, 1.807) is 7.05 Å². The van der Waals surface area contributed by atoms with Crippen LogP contribution in [-0.4, -0.2) is 50.0 Å². The topological polar surface area (TPSA) is 83.0 Å². The Labute approximate surface area is 161 Å². The molecule has 0 radical (unpaired) electrons. The van der Waals surface area contributed by atoms with E-state index < -0.39 is 0 Å². The van der Waals surface area contributed by atoms with E-state index in [-0.39, 0.29) is 17.8 Å². The van der Waals surface area contributed by atoms with Gasteiger partial charge in [0, 0.05) is 38.8 Å². The quantitative estimate of drug-likeness (QED) is 0.454. The number of hydrogen-bond acceptors (Lipinski definition) is 4. The molecule has 7 heteroatoms. The van der Waals surface area contributed by atoms with E-state index in [0.717, 1.165) is 49.6 Å². The normalized spacial score (nSPS) is 15.4. The SMILES string of the molecule is CCCC(=O)Nc1cccc(CNC(=NC)N2CCC(C(=O)OC)CC2)c1. The molecule has 1 amide bonds. The Morgan fingerprint density at radius 3 is 2.67 bits per heavy atom. The second-order valence-corrected chi connectivity index (χ2v) is 6.68. The molecule has 2 rings (SSSR count). The molecule has 0 saturated carbocycles. The Balaban J connectivity index is 1.87. The second kappa shape index (κ2) is 10.5. The summed E-state index contributed by atoms with van der Waals surface area (Å²) in [5, 5.41) is 6.28. The van der Waals surface area contributed by atoms with E-state index in [1.807, 2.05) is 31.2 Å². The highest BCUT2D eigenvalue weighted by molar-refractivity contribution is 5.90. The first-order chi connectivity index (χ1) is 13.1. The maximum atomic E-state index is 11.8. The van der Waals surface area contributed by atoms with Crippen molar-refractivity contribution in [2.75, 3.05) is 32.6 Å². The van der Waals surface area contributed by atoms with Crippen molar-refractivity contribution in [2.45, 2.75) is 39.2 Å². The van der Waals surface area contributed by atoms with Crippen molar-refractivity contribution in [3.8, 4) is 0 Å². The van der Waals surface area contributed by atoms with Crippen LogP contribution in [0, 0.1) is 5.92 Å². The Morgan fingerprint density at radius 1 is 1.30 bits per heavy atom. The second-order valence-electron chi connectivity index (χ2n) is 6.68. The Hall–Kier alpha value is -2.57. The van der Waals surface area contributed by atoms with Gasteiger partial charge in [-0.3, -0.25) is 14.6 Å². The minimum atomic E-state index is -0.125. The van der Waals surface area contributed by atoms with E-state index in [9.17, 15) is 9.59 Å². The van der Waals surface area contributed by atoms with Crippen LogP contribution in [0.25, 0.3) is 0 Å². The first-order valence-corrected chi connectivity index (χ1v) is 9.49. The first-order valence-electron chi connectivity index (χ1n) is 9.49. The number of nitrogens with zero attached hydrogens (tertiary/aromatic N) is 2. The van der Waals surface area contributed by atoms with Crippen LogP contribution in [-0.2, 0) is 20.9 Å². The molecule has 7 nitrogen and oxygen atoms in total. The van der Waals surface area contributed by atoms with Crippen LogP contribution in [0.15, 0.2) is 29.3 Å². The Morgan fingerprint density at radius 2 is 2.04 bits per heavy atom. The minimum absolute atomic E-state index is 0.0206. The van der Waals surface area contributed by atoms with Crippen molar-refractivity contribution < 1.29 is 14.3 Å². The van der Waals surface area contributed by atoms with Crippen molar-refractivity contribution >= 4 is 23.5 Å². The van der Waals surface area contributed by atoms with Gasteiger partial charge in [-0.25, -0.2) is 0 Å². The van der Waals surface area contributed by atoms with E-state index in [2.05, 4.69) is 20.5 Å². The third-order valence-corrected chi connectivity index (χ3v) is 4.68. The molecule has 1 heterocycles. The number of likely N-dealkylation sites (tertiary alicyclic amines) is 1. The van der Waals surface area contributed by atoms with Crippen LogP contribution in [0.2, 0.25) is 0 Å². The fourth-order valence-electron chi connectivity index (χ4n) is 3.22. The molecule has 0 spiro atoms. The summed E-state index contributed by atoms with van der Waals surface area (Å²) in [4.78, 5) is 29.9. The van der Waals surface area contributed by atoms with Gasteiger partial charge in [-0.05, 0) is 37.0 Å². The lowest BCUT2D eigenvalue weighted by Gasteiger charge is -2.33. The number of esters is 1. The number of benzene rings is 1. The number of carbonyl (C=O) groups is 2. The highest BCUT2D eigenvalue weighted by atomic mass is 16.5. The molecule has 148 valence electrons. The van der Waals surface area contributed by atoms with Crippen LogP contribution in [0.4, 0.5) is 5.69 Å². The van der Waals surface area contributed by atoms with Gasteiger partial charge in [-0.15, -0.1) is 0 Å². The summed E-state index contributed by atoms with van der Waals surface area (Å²) >= 11 is 0. The standard InChI is InChI=1S/C20H30N4O3/c1-4-6-18(25)23-17-8-5-7-15(13-17)14-22-20(21-2)24-11-9-16(10-12-24)19(26)27-3/h5,7-8,13,16H,4,6,9-12,14H2,1-3H3,(H,21,22)(H,23,25). The average Bonchev–Trinajstić information content (AvgIpc) is 2.69. The fourth-order valence-corrected chi connectivity index (χ4v) is 3.22. The summed E-state index contributed by atoms with van der Waals surface area (Å²) < 4.78 is 4.84. The molecule has 0 aliphatic carbocycles. The van der Waals surface area contributed by atoms with Crippen LogP contribution in [0.5, 0.6) is 0 Å². The number of carbonyl (C=O) groups excluding carboxylic acids is 2. The average molecular weight is 374 g/mol. The maximum Gasteiger partial charge on any atom is 0.308 e. The number of methoxy groups -OCH3 is 1. The van der Waals surface area contributed by atoms with Gasteiger partial charge < -0.3 is 20.3 Å². The third-order valence-electron chi connectivity index (χ3n) is 4.68. The number of piperidine rings is 1. The lowest BCUT2D eigenvalue weighted by molar-refractivity contribution is -0.146. The van der Waals surface area contributed by atoms with Crippen molar-refractivity contribution in [1.29, 1.82) is 0 Å². The van der Waals surface area contributed by atoms with E-state index >= 15 is 0 Å². The smallest absolute Gasteiger partial charge is 0.308 e. The van der Waals surface area contributed by atoms with Gasteiger partial charge >= 0.3 is 5.97 Å². The Bertz CT molecular complexity index is 667. The number of nitrogens with one attached hydrogen (secondary N) is 2. The summed E-state index contributed by atoms with van der Waals surface area (Å²) in [7, 11) is 3.20. The molecular weight excluding hydrogens is 344 g/mol. The van der Waals surface area contributed by atoms with Gasteiger partial charge in [0.2, 0.25) is 5.91 Å². The van der Waals surface area contributed by atoms with Crippen LogP contribution in [0.1, 0.15) is 38.2 Å². The molecule has 1 aliphatic rings. The monoisotopic (exact) mass is 374 g/mol. The number of anilines is 1. The molecule has 0 unspecified atom stereocenters. The van der Waals surface area contributed by atoms with Gasteiger partial charge in [-0.2, -0.15) is 0 Å². The molecule has 1 aliphatic heterocycles. The van der Waals surface area contributed by atoms with Gasteiger partial charge in [0.1, 0.15) is 0 Å². The fraction of sp³-hybridized carbons (Fsp3) is 0.550. The van der Waals surface area contributed by atoms with Crippen LogP contribution >= 0.6 is 0 Å². The van der Waals surface area contributed by atoms with E-state index in [1.165, 1.54) is 7.11 Å². The summed E-state index contributed by atoms with van der Waals surface area (Å²) in [6.07, 6.45) is 2.89. The van der Waals surface area contributed by atoms with Crippen molar-refractivity contribution in [3.63, 3.8) is 0 Å². The molecule has 1 aromatic rings. The lowest BCUT2D eigenvalue weighted by Crippen LogP contribution is -2.46. The zero-order valence-corrected chi connectivity index (χ0v) is 16.5. The van der Waals surface area contributed by atoms with Crippen LogP contribution in [0.3, 0.4) is 0 Å². The molecule has 1 fully saturated rings. The summed E-state index contributed by atoms with van der Waals surface area (Å²) in [5.41, 5.74) is 1.87. The van der Waals surface area contributed by atoms with Gasteiger partial charge in [0.25, 0.3) is 0 Å².